The van der Waals surface area contributed by atoms with Crippen LogP contribution in [0, 0.1) is 0 Å². The summed E-state index contributed by atoms with van der Waals surface area (Å²) in [6.07, 6.45) is 1.54. The third-order valence-corrected chi connectivity index (χ3v) is 5.81. The maximum atomic E-state index is 13.4. The van der Waals surface area contributed by atoms with Crippen molar-refractivity contribution < 1.29 is 14.3 Å². The lowest BCUT2D eigenvalue weighted by atomic mass is 10.1. The number of carbonyl (C=O) groups is 1. The van der Waals surface area contributed by atoms with Gasteiger partial charge in [-0.1, -0.05) is 23.7 Å². The van der Waals surface area contributed by atoms with Crippen molar-refractivity contribution in [2.24, 2.45) is 7.05 Å². The smallest absolute Gasteiger partial charge is 0.257 e. The molecule has 1 aliphatic rings. The summed E-state index contributed by atoms with van der Waals surface area (Å²) in [5, 5.41) is 3.86. The van der Waals surface area contributed by atoms with E-state index >= 15 is 0 Å². The number of aryl methyl sites for hydroxylation is 1. The van der Waals surface area contributed by atoms with E-state index in [2.05, 4.69) is 15.2 Å². The third-order valence-electron chi connectivity index (χ3n) is 5.56. The van der Waals surface area contributed by atoms with E-state index in [0.717, 1.165) is 24.3 Å². The molecule has 0 bridgehead atoms. The van der Waals surface area contributed by atoms with Crippen LogP contribution in [-0.2, 0) is 24.9 Å². The fraction of sp³-hybridized carbons (Fsp3) is 0.375. The molecule has 0 unspecified atom stereocenters. The van der Waals surface area contributed by atoms with Crippen molar-refractivity contribution in [3.63, 3.8) is 0 Å². The number of ether oxygens (including phenoxy) is 2. The molecule has 1 aromatic carbocycles. The lowest BCUT2D eigenvalue weighted by Crippen LogP contribution is -2.36. The zero-order valence-electron chi connectivity index (χ0n) is 18.8. The summed E-state index contributed by atoms with van der Waals surface area (Å²) >= 11 is 5.92. The minimum absolute atomic E-state index is 0.0740. The molecule has 1 amide bonds. The van der Waals surface area contributed by atoms with Gasteiger partial charge in [0.1, 0.15) is 11.1 Å². The Morgan fingerprint density at radius 2 is 1.97 bits per heavy atom. The Bertz CT molecular complexity index is 1200. The van der Waals surface area contributed by atoms with E-state index in [0.29, 0.717) is 54.7 Å². The summed E-state index contributed by atoms with van der Waals surface area (Å²) in [7, 11) is 1.78. The van der Waals surface area contributed by atoms with Gasteiger partial charge in [-0.05, 0) is 30.7 Å². The topological polar surface area (TPSA) is 85.7 Å². The number of morpholine rings is 1. The van der Waals surface area contributed by atoms with Crippen molar-refractivity contribution in [3.05, 3.63) is 68.6 Å². The van der Waals surface area contributed by atoms with E-state index in [1.54, 1.807) is 29.8 Å². The highest BCUT2D eigenvalue weighted by Crippen LogP contribution is 2.24. The number of halogens is 1. The number of aromatic nitrogens is 2. The van der Waals surface area contributed by atoms with Crippen LogP contribution in [0.3, 0.4) is 0 Å². The fourth-order valence-electron chi connectivity index (χ4n) is 3.89. The van der Waals surface area contributed by atoms with E-state index in [9.17, 15) is 9.59 Å². The minimum Gasteiger partial charge on any atom is -0.476 e. The highest BCUT2D eigenvalue weighted by atomic mass is 35.5. The molecule has 174 valence electrons. The monoisotopic (exact) mass is 470 g/mol. The number of nitrogens with zero attached hydrogens (tertiary/aromatic N) is 3. The second-order valence-electron chi connectivity index (χ2n) is 7.93. The lowest BCUT2D eigenvalue weighted by molar-refractivity contribution is 0.0336. The van der Waals surface area contributed by atoms with Gasteiger partial charge in [0.05, 0.1) is 30.9 Å². The number of fused-ring (bicyclic) bond motifs is 1. The first-order valence-electron chi connectivity index (χ1n) is 10.9. The summed E-state index contributed by atoms with van der Waals surface area (Å²) in [6.45, 7) is 6.11. The van der Waals surface area contributed by atoms with Gasteiger partial charge in [-0.2, -0.15) is 0 Å². The Morgan fingerprint density at radius 1 is 1.24 bits per heavy atom. The molecule has 1 saturated heterocycles. The minimum atomic E-state index is -0.433. The van der Waals surface area contributed by atoms with Crippen molar-refractivity contribution in [1.82, 2.24) is 19.8 Å². The lowest BCUT2D eigenvalue weighted by Gasteiger charge is -2.26. The molecule has 0 aliphatic carbocycles. The molecular formula is C24H27ClN4O4. The number of benzene rings is 1. The van der Waals surface area contributed by atoms with Gasteiger partial charge >= 0.3 is 0 Å². The third kappa shape index (κ3) is 5.35. The Morgan fingerprint density at radius 3 is 2.67 bits per heavy atom. The molecule has 2 aromatic heterocycles. The van der Waals surface area contributed by atoms with E-state index in [4.69, 9.17) is 21.1 Å². The van der Waals surface area contributed by atoms with E-state index in [1.807, 2.05) is 19.1 Å². The van der Waals surface area contributed by atoms with Gasteiger partial charge in [-0.15, -0.1) is 0 Å². The molecule has 1 fully saturated rings. The first kappa shape index (κ1) is 23.2. The second kappa shape index (κ2) is 10.3. The van der Waals surface area contributed by atoms with E-state index in [-0.39, 0.29) is 11.0 Å². The van der Waals surface area contributed by atoms with Gasteiger partial charge in [0.15, 0.2) is 0 Å². The van der Waals surface area contributed by atoms with Crippen LogP contribution in [0.25, 0.3) is 10.9 Å². The molecule has 3 aromatic rings. The van der Waals surface area contributed by atoms with Crippen LogP contribution in [-0.4, -0.2) is 53.3 Å². The number of rotatable bonds is 7. The highest BCUT2D eigenvalue weighted by molar-refractivity contribution is 6.30. The first-order valence-corrected chi connectivity index (χ1v) is 11.3. The number of carbonyl (C=O) groups excluding carboxylic acids is 1. The Labute approximate surface area is 197 Å². The van der Waals surface area contributed by atoms with Gasteiger partial charge in [-0.25, -0.2) is 4.98 Å². The normalized spacial score (nSPS) is 14.4. The largest absolute Gasteiger partial charge is 0.476 e. The SMILES string of the molecule is CCOc1nc(CN2CCOCC2)cc2c(=O)c(C(=O)NCc3ccc(Cl)cc3)cn(C)c12. The average molecular weight is 471 g/mol. The van der Waals surface area contributed by atoms with Crippen LogP contribution >= 0.6 is 11.6 Å². The van der Waals surface area contributed by atoms with Crippen LogP contribution < -0.4 is 15.5 Å². The highest BCUT2D eigenvalue weighted by Gasteiger charge is 2.20. The number of hydrogen-bond acceptors (Lipinski definition) is 6. The zero-order chi connectivity index (χ0) is 23.4. The summed E-state index contributed by atoms with van der Waals surface area (Å²) < 4.78 is 12.9. The number of pyridine rings is 2. The molecule has 4 rings (SSSR count). The van der Waals surface area contributed by atoms with Crippen LogP contribution in [0.4, 0.5) is 0 Å². The molecule has 9 heteroatoms. The number of amides is 1. The van der Waals surface area contributed by atoms with E-state index < -0.39 is 5.91 Å². The summed E-state index contributed by atoms with van der Waals surface area (Å²) in [5.74, 6) is -0.0390. The van der Waals surface area contributed by atoms with Gasteiger partial charge in [0.2, 0.25) is 11.3 Å². The maximum Gasteiger partial charge on any atom is 0.257 e. The molecule has 1 N–H and O–H groups in total. The van der Waals surface area contributed by atoms with Crippen LogP contribution in [0.2, 0.25) is 5.02 Å². The predicted octanol–water partition coefficient (Wildman–Crippen LogP) is 2.75. The molecule has 0 atom stereocenters. The molecule has 0 spiro atoms. The summed E-state index contributed by atoms with van der Waals surface area (Å²) in [5.41, 5.74) is 1.92. The Kier molecular flexibility index (Phi) is 7.27. The molecule has 33 heavy (non-hydrogen) atoms. The predicted molar refractivity (Wildman–Crippen MR) is 127 cm³/mol. The van der Waals surface area contributed by atoms with Crippen LogP contribution in [0.15, 0.2) is 41.3 Å². The summed E-state index contributed by atoms with van der Waals surface area (Å²) in [6, 6.07) is 8.95. The maximum absolute atomic E-state index is 13.4. The van der Waals surface area contributed by atoms with Gasteiger partial charge in [-0.3, -0.25) is 14.5 Å². The standard InChI is InChI=1S/C24H27ClN4O4/c1-3-33-24-21-19(12-18(27-24)14-29-8-10-32-11-9-29)22(30)20(15-28(21)2)23(31)26-13-16-4-6-17(25)7-5-16/h4-7,12,15H,3,8-11,13-14H2,1-2H3,(H,26,31). The van der Waals surface area contributed by atoms with Crippen molar-refractivity contribution in [1.29, 1.82) is 0 Å². The van der Waals surface area contributed by atoms with Crippen LogP contribution in [0.5, 0.6) is 5.88 Å². The van der Waals surface area contributed by atoms with Crippen molar-refractivity contribution >= 4 is 28.4 Å². The first-order chi connectivity index (χ1) is 16.0. The molecule has 1 aliphatic heterocycles. The fourth-order valence-corrected chi connectivity index (χ4v) is 4.02. The Hall–Kier alpha value is -2.94. The second-order valence-corrected chi connectivity index (χ2v) is 8.36. The van der Waals surface area contributed by atoms with Crippen molar-refractivity contribution in [2.45, 2.75) is 20.0 Å². The van der Waals surface area contributed by atoms with Gasteiger partial charge in [0, 0.05) is 44.4 Å². The van der Waals surface area contributed by atoms with Crippen molar-refractivity contribution in [2.75, 3.05) is 32.9 Å². The number of nitrogens with one attached hydrogen (secondary N) is 1. The van der Waals surface area contributed by atoms with E-state index in [1.165, 1.54) is 6.20 Å². The average Bonchev–Trinajstić information content (AvgIpc) is 2.81. The molecule has 0 saturated carbocycles. The molecule has 8 nitrogen and oxygen atoms in total. The quantitative estimate of drug-likeness (QED) is 0.571. The molecule has 3 heterocycles. The molecule has 0 radical (unpaired) electrons. The van der Waals surface area contributed by atoms with Crippen LogP contribution in [0.1, 0.15) is 28.5 Å². The zero-order valence-corrected chi connectivity index (χ0v) is 19.5. The number of hydrogen-bond donors (Lipinski definition) is 1. The van der Waals surface area contributed by atoms with Gasteiger partial charge < -0.3 is 19.4 Å². The molecular weight excluding hydrogens is 444 g/mol. The summed E-state index contributed by atoms with van der Waals surface area (Å²) in [4.78, 5) is 33.2. The van der Waals surface area contributed by atoms with Crippen molar-refractivity contribution in [3.8, 4) is 5.88 Å². The Balaban J connectivity index is 1.67. The van der Waals surface area contributed by atoms with Gasteiger partial charge in [0.25, 0.3) is 5.91 Å².